The number of hydrogen-bond donors (Lipinski definition) is 2. The van der Waals surface area contributed by atoms with Crippen molar-refractivity contribution in [3.8, 4) is 0 Å². The van der Waals surface area contributed by atoms with E-state index >= 15 is 0 Å². The van der Waals surface area contributed by atoms with Gasteiger partial charge in [0.05, 0.1) is 4.90 Å². The molecular formula is C13H13BrFN3O2S. The first kappa shape index (κ1) is 15.9. The molecule has 0 aliphatic rings. The zero-order valence-corrected chi connectivity index (χ0v) is 13.5. The number of nitrogens with one attached hydrogen (secondary N) is 1. The predicted octanol–water partition coefficient (Wildman–Crippen LogP) is 2.55. The normalized spacial score (nSPS) is 11.4. The summed E-state index contributed by atoms with van der Waals surface area (Å²) >= 11 is 3.25. The van der Waals surface area contributed by atoms with Gasteiger partial charge in [-0.3, -0.25) is 4.72 Å². The summed E-state index contributed by atoms with van der Waals surface area (Å²) in [6.07, 6.45) is 1.49. The van der Waals surface area contributed by atoms with Crippen molar-refractivity contribution in [3.05, 3.63) is 51.9 Å². The molecule has 0 fully saturated rings. The van der Waals surface area contributed by atoms with E-state index < -0.39 is 15.8 Å². The number of benzene rings is 1. The fourth-order valence-electron chi connectivity index (χ4n) is 1.71. The summed E-state index contributed by atoms with van der Waals surface area (Å²) < 4.78 is 41.1. The van der Waals surface area contributed by atoms with Crippen LogP contribution in [-0.2, 0) is 16.6 Å². The minimum atomic E-state index is -3.85. The third-order valence-electron chi connectivity index (χ3n) is 2.82. The van der Waals surface area contributed by atoms with E-state index in [1.807, 2.05) is 0 Å². The number of aryl methyl sites for hydroxylation is 1. The molecule has 1 heterocycles. The Morgan fingerprint density at radius 3 is 2.71 bits per heavy atom. The van der Waals surface area contributed by atoms with Crippen molar-refractivity contribution in [1.82, 2.24) is 4.98 Å². The molecule has 8 heteroatoms. The molecule has 0 atom stereocenters. The number of nitrogens with two attached hydrogens (primary N) is 1. The first-order valence-electron chi connectivity index (χ1n) is 5.97. The average Bonchev–Trinajstić information content (AvgIpc) is 2.42. The highest BCUT2D eigenvalue weighted by Crippen LogP contribution is 2.21. The van der Waals surface area contributed by atoms with E-state index in [9.17, 15) is 12.8 Å². The Morgan fingerprint density at radius 2 is 2.10 bits per heavy atom. The standard InChI is InChI=1S/C13H13BrFN3O2S/c1-8-4-10(14)7-17-13(8)18-21(19,20)11-2-3-12(15)9(5-11)6-16/h2-5,7H,6,16H2,1H3,(H,17,18). The van der Waals surface area contributed by atoms with Gasteiger partial charge < -0.3 is 5.73 Å². The number of sulfonamides is 1. The Balaban J connectivity index is 2.38. The molecule has 1 aromatic carbocycles. The van der Waals surface area contributed by atoms with Crippen LogP contribution in [0.2, 0.25) is 0 Å². The van der Waals surface area contributed by atoms with Gasteiger partial charge in [0, 0.05) is 22.8 Å². The molecule has 0 spiro atoms. The van der Waals surface area contributed by atoms with Gasteiger partial charge in [-0.05, 0) is 52.7 Å². The number of hydrogen-bond acceptors (Lipinski definition) is 4. The fourth-order valence-corrected chi connectivity index (χ4v) is 3.28. The van der Waals surface area contributed by atoms with Crippen molar-refractivity contribution in [1.29, 1.82) is 0 Å². The SMILES string of the molecule is Cc1cc(Br)cnc1NS(=O)(=O)c1ccc(F)c(CN)c1. The number of halogens is 2. The summed E-state index contributed by atoms with van der Waals surface area (Å²) in [4.78, 5) is 3.95. The number of nitrogens with zero attached hydrogens (tertiary/aromatic N) is 1. The largest absolute Gasteiger partial charge is 0.326 e. The topological polar surface area (TPSA) is 85.1 Å². The van der Waals surface area contributed by atoms with Crippen LogP contribution in [0.15, 0.2) is 39.8 Å². The Kier molecular flexibility index (Phi) is 4.60. The van der Waals surface area contributed by atoms with Crippen LogP contribution in [-0.4, -0.2) is 13.4 Å². The summed E-state index contributed by atoms with van der Waals surface area (Å²) in [5.41, 5.74) is 6.18. The third-order valence-corrected chi connectivity index (χ3v) is 4.59. The van der Waals surface area contributed by atoms with Crippen molar-refractivity contribution in [2.24, 2.45) is 5.73 Å². The van der Waals surface area contributed by atoms with Crippen molar-refractivity contribution in [2.75, 3.05) is 4.72 Å². The highest BCUT2D eigenvalue weighted by Gasteiger charge is 2.17. The van der Waals surface area contributed by atoms with E-state index in [-0.39, 0.29) is 22.8 Å². The maximum Gasteiger partial charge on any atom is 0.263 e. The van der Waals surface area contributed by atoms with Crippen LogP contribution < -0.4 is 10.5 Å². The lowest BCUT2D eigenvalue weighted by Gasteiger charge is -2.11. The van der Waals surface area contributed by atoms with E-state index in [1.165, 1.54) is 18.3 Å². The predicted molar refractivity (Wildman–Crippen MR) is 81.8 cm³/mol. The van der Waals surface area contributed by atoms with Gasteiger partial charge in [-0.25, -0.2) is 17.8 Å². The van der Waals surface area contributed by atoms with E-state index in [4.69, 9.17) is 5.73 Å². The minimum absolute atomic E-state index is 0.0616. The van der Waals surface area contributed by atoms with Crippen LogP contribution in [0.25, 0.3) is 0 Å². The summed E-state index contributed by atoms with van der Waals surface area (Å²) in [7, 11) is -3.85. The number of anilines is 1. The Hall–Kier alpha value is -1.51. The van der Waals surface area contributed by atoms with Gasteiger partial charge in [0.15, 0.2) is 0 Å². The van der Waals surface area contributed by atoms with Gasteiger partial charge in [0.1, 0.15) is 11.6 Å². The van der Waals surface area contributed by atoms with E-state index in [0.29, 0.717) is 5.56 Å². The number of rotatable bonds is 4. The fraction of sp³-hybridized carbons (Fsp3) is 0.154. The lowest BCUT2D eigenvalue weighted by molar-refractivity contribution is 0.596. The molecule has 0 radical (unpaired) electrons. The first-order chi connectivity index (χ1) is 9.83. The van der Waals surface area contributed by atoms with E-state index in [1.54, 1.807) is 13.0 Å². The Bertz CT molecular complexity index is 781. The van der Waals surface area contributed by atoms with Crippen molar-refractivity contribution in [2.45, 2.75) is 18.4 Å². The van der Waals surface area contributed by atoms with Gasteiger partial charge >= 0.3 is 0 Å². The van der Waals surface area contributed by atoms with E-state index in [2.05, 4.69) is 25.6 Å². The van der Waals surface area contributed by atoms with Crippen molar-refractivity contribution < 1.29 is 12.8 Å². The molecule has 112 valence electrons. The van der Waals surface area contributed by atoms with Gasteiger partial charge in [0.2, 0.25) is 0 Å². The second-order valence-electron chi connectivity index (χ2n) is 4.38. The molecule has 2 rings (SSSR count). The third kappa shape index (κ3) is 3.58. The van der Waals surface area contributed by atoms with Gasteiger partial charge in [-0.2, -0.15) is 0 Å². The molecule has 0 aliphatic heterocycles. The lowest BCUT2D eigenvalue weighted by Crippen LogP contribution is -2.15. The first-order valence-corrected chi connectivity index (χ1v) is 8.24. The Morgan fingerprint density at radius 1 is 1.38 bits per heavy atom. The second kappa shape index (κ2) is 6.08. The maximum atomic E-state index is 13.4. The minimum Gasteiger partial charge on any atom is -0.326 e. The average molecular weight is 374 g/mol. The summed E-state index contributed by atoms with van der Waals surface area (Å²) in [5.74, 6) is -0.314. The molecule has 3 N–H and O–H groups in total. The molecule has 0 saturated carbocycles. The van der Waals surface area contributed by atoms with E-state index in [0.717, 1.165) is 10.5 Å². The van der Waals surface area contributed by atoms with Crippen LogP contribution in [0, 0.1) is 12.7 Å². The smallest absolute Gasteiger partial charge is 0.263 e. The highest BCUT2D eigenvalue weighted by molar-refractivity contribution is 9.10. The van der Waals surface area contributed by atoms with Gasteiger partial charge in [-0.1, -0.05) is 0 Å². The molecular weight excluding hydrogens is 361 g/mol. The molecule has 0 amide bonds. The van der Waals surface area contributed by atoms with Crippen molar-refractivity contribution >= 4 is 31.8 Å². The van der Waals surface area contributed by atoms with Crippen LogP contribution in [0.1, 0.15) is 11.1 Å². The molecule has 0 bridgehead atoms. The summed E-state index contributed by atoms with van der Waals surface area (Å²) in [6, 6.07) is 5.22. The zero-order chi connectivity index (χ0) is 15.6. The second-order valence-corrected chi connectivity index (χ2v) is 6.98. The zero-order valence-electron chi connectivity index (χ0n) is 11.1. The van der Waals surface area contributed by atoms with Crippen LogP contribution in [0.3, 0.4) is 0 Å². The van der Waals surface area contributed by atoms with Crippen LogP contribution in [0.4, 0.5) is 10.2 Å². The summed E-state index contributed by atoms with van der Waals surface area (Å²) in [6.45, 7) is 1.65. The molecule has 5 nitrogen and oxygen atoms in total. The molecule has 0 saturated heterocycles. The lowest BCUT2D eigenvalue weighted by atomic mass is 10.2. The monoisotopic (exact) mass is 373 g/mol. The van der Waals surface area contributed by atoms with Crippen LogP contribution in [0.5, 0.6) is 0 Å². The number of pyridine rings is 1. The van der Waals surface area contributed by atoms with Crippen LogP contribution >= 0.6 is 15.9 Å². The highest BCUT2D eigenvalue weighted by atomic mass is 79.9. The van der Waals surface area contributed by atoms with Gasteiger partial charge in [0.25, 0.3) is 10.0 Å². The number of aromatic nitrogens is 1. The van der Waals surface area contributed by atoms with Gasteiger partial charge in [-0.15, -0.1) is 0 Å². The Labute approximate surface area is 130 Å². The molecule has 0 unspecified atom stereocenters. The quantitative estimate of drug-likeness (QED) is 0.862. The molecule has 21 heavy (non-hydrogen) atoms. The maximum absolute atomic E-state index is 13.4. The molecule has 2 aromatic rings. The molecule has 1 aromatic heterocycles. The van der Waals surface area contributed by atoms with Crippen molar-refractivity contribution in [3.63, 3.8) is 0 Å². The summed E-state index contributed by atoms with van der Waals surface area (Å²) in [5, 5.41) is 0. The molecule has 0 aliphatic carbocycles.